The number of anilines is 1. The number of methoxy groups -OCH3 is 1. The Morgan fingerprint density at radius 3 is 2.45 bits per heavy atom. The maximum atomic E-state index is 12.9. The van der Waals surface area contributed by atoms with Crippen molar-refractivity contribution in [3.05, 3.63) is 18.2 Å². The summed E-state index contributed by atoms with van der Waals surface area (Å²) in [5, 5.41) is 13.8. The molecule has 2 unspecified atom stereocenters. The first-order chi connectivity index (χ1) is 13.5. The Labute approximate surface area is 172 Å². The summed E-state index contributed by atoms with van der Waals surface area (Å²) in [6.07, 6.45) is 5.99. The Balaban J connectivity index is 1.52. The molecule has 0 radical (unpaired) electrons. The van der Waals surface area contributed by atoms with Gasteiger partial charge in [0.1, 0.15) is 10.6 Å². The predicted molar refractivity (Wildman–Crippen MR) is 109 cm³/mol. The Bertz CT molecular complexity index is 913. The Hall–Kier alpha value is -1.64. The molecule has 29 heavy (non-hydrogen) atoms. The van der Waals surface area contributed by atoms with E-state index in [4.69, 9.17) is 4.74 Å². The summed E-state index contributed by atoms with van der Waals surface area (Å²) in [5.41, 5.74) is -0.301. The summed E-state index contributed by atoms with van der Waals surface area (Å²) in [6.45, 7) is 0. The van der Waals surface area contributed by atoms with E-state index in [0.717, 1.165) is 30.0 Å². The lowest BCUT2D eigenvalue weighted by Crippen LogP contribution is -2.56. The van der Waals surface area contributed by atoms with E-state index >= 15 is 0 Å². The maximum Gasteiger partial charge on any atom is 0.246 e. The van der Waals surface area contributed by atoms with Crippen molar-refractivity contribution in [1.82, 2.24) is 4.31 Å². The van der Waals surface area contributed by atoms with Crippen LogP contribution in [-0.2, 0) is 14.8 Å². The minimum Gasteiger partial charge on any atom is -0.495 e. The lowest BCUT2D eigenvalue weighted by molar-refractivity contribution is -0.167. The molecule has 0 spiro atoms. The van der Waals surface area contributed by atoms with Crippen molar-refractivity contribution < 1.29 is 23.1 Å². The standard InChI is InChI=1S/C21H30N2O5S/c1-23(2)29(26,27)18-7-16(4-5-17(18)28-3)22-19(24)12-20-8-14-6-15(9-20)11-21(25,10-14)13-20/h4-5,7,14-15,25H,6,8-13H2,1-3H3,(H,22,24)/t14-,15+,20?,21?. The van der Waals surface area contributed by atoms with Gasteiger partial charge in [0.05, 0.1) is 12.7 Å². The molecule has 160 valence electrons. The van der Waals surface area contributed by atoms with Gasteiger partial charge in [-0.1, -0.05) is 0 Å². The number of carbonyl (C=O) groups is 1. The smallest absolute Gasteiger partial charge is 0.246 e. The predicted octanol–water partition coefficient (Wildman–Crippen LogP) is 2.61. The zero-order valence-corrected chi connectivity index (χ0v) is 18.1. The average Bonchev–Trinajstić information content (AvgIpc) is 2.58. The summed E-state index contributed by atoms with van der Waals surface area (Å²) >= 11 is 0. The monoisotopic (exact) mass is 422 g/mol. The fourth-order valence-corrected chi connectivity index (χ4v) is 7.38. The highest BCUT2D eigenvalue weighted by Gasteiger charge is 2.57. The molecule has 5 rings (SSSR count). The average molecular weight is 423 g/mol. The first kappa shape index (κ1) is 20.6. The molecule has 1 amide bonds. The van der Waals surface area contributed by atoms with Crippen molar-refractivity contribution in [3.8, 4) is 5.75 Å². The fraction of sp³-hybridized carbons (Fsp3) is 0.667. The molecule has 4 saturated carbocycles. The number of hydrogen-bond donors (Lipinski definition) is 2. The molecular weight excluding hydrogens is 392 g/mol. The van der Waals surface area contributed by atoms with E-state index in [1.54, 1.807) is 12.1 Å². The van der Waals surface area contributed by atoms with Crippen LogP contribution < -0.4 is 10.1 Å². The van der Waals surface area contributed by atoms with E-state index in [1.165, 1.54) is 33.7 Å². The van der Waals surface area contributed by atoms with Crippen molar-refractivity contribution >= 4 is 21.6 Å². The van der Waals surface area contributed by atoms with Crippen molar-refractivity contribution in [1.29, 1.82) is 0 Å². The van der Waals surface area contributed by atoms with Gasteiger partial charge in [0.25, 0.3) is 0 Å². The van der Waals surface area contributed by atoms with Gasteiger partial charge in [-0.15, -0.1) is 0 Å². The Morgan fingerprint density at radius 1 is 1.24 bits per heavy atom. The number of hydrogen-bond acceptors (Lipinski definition) is 5. The van der Waals surface area contributed by atoms with Gasteiger partial charge in [-0.3, -0.25) is 4.79 Å². The van der Waals surface area contributed by atoms with Crippen LogP contribution in [0.2, 0.25) is 0 Å². The number of sulfonamides is 1. The molecule has 4 aliphatic carbocycles. The minimum atomic E-state index is -3.71. The molecule has 0 aliphatic heterocycles. The summed E-state index contributed by atoms with van der Waals surface area (Å²) < 4.78 is 31.5. The van der Waals surface area contributed by atoms with Gasteiger partial charge in [-0.05, 0) is 74.0 Å². The molecule has 4 aliphatic rings. The summed E-state index contributed by atoms with van der Waals surface area (Å²) in [6, 6.07) is 4.65. The summed E-state index contributed by atoms with van der Waals surface area (Å²) in [4.78, 5) is 12.9. The Morgan fingerprint density at radius 2 is 1.90 bits per heavy atom. The number of amides is 1. The third-order valence-electron chi connectivity index (χ3n) is 6.89. The number of carbonyl (C=O) groups excluding carboxylic acids is 1. The molecule has 4 bridgehead atoms. The van der Waals surface area contributed by atoms with Crippen LogP contribution >= 0.6 is 0 Å². The second-order valence-corrected chi connectivity index (χ2v) is 11.7. The van der Waals surface area contributed by atoms with Crippen molar-refractivity contribution in [2.24, 2.45) is 17.3 Å². The fourth-order valence-electron chi connectivity index (χ4n) is 6.31. The lowest BCUT2D eigenvalue weighted by atomic mass is 9.47. The van der Waals surface area contributed by atoms with Crippen molar-refractivity contribution in [2.45, 2.75) is 55.4 Å². The van der Waals surface area contributed by atoms with Gasteiger partial charge in [-0.25, -0.2) is 12.7 Å². The number of ether oxygens (including phenoxy) is 1. The van der Waals surface area contributed by atoms with Crippen molar-refractivity contribution in [3.63, 3.8) is 0 Å². The Kier molecular flexibility index (Phi) is 4.95. The van der Waals surface area contributed by atoms with Gasteiger partial charge in [0.15, 0.2) is 0 Å². The molecule has 8 heteroatoms. The van der Waals surface area contributed by atoms with Crippen LogP contribution in [0, 0.1) is 17.3 Å². The first-order valence-corrected chi connectivity index (χ1v) is 11.6. The van der Waals surface area contributed by atoms with Crippen LogP contribution in [0.1, 0.15) is 44.9 Å². The van der Waals surface area contributed by atoms with E-state index in [-0.39, 0.29) is 22.0 Å². The van der Waals surface area contributed by atoms with Crippen LogP contribution in [0.3, 0.4) is 0 Å². The van der Waals surface area contributed by atoms with E-state index in [2.05, 4.69) is 5.32 Å². The lowest BCUT2D eigenvalue weighted by Gasteiger charge is -2.60. The van der Waals surface area contributed by atoms with Gasteiger partial charge >= 0.3 is 0 Å². The second-order valence-electron chi connectivity index (χ2n) is 9.56. The van der Waals surface area contributed by atoms with Crippen LogP contribution in [0.25, 0.3) is 0 Å². The molecule has 0 aromatic heterocycles. The molecule has 1 aromatic rings. The third-order valence-corrected chi connectivity index (χ3v) is 8.73. The molecule has 4 atom stereocenters. The molecular formula is C21H30N2O5S. The van der Waals surface area contributed by atoms with Crippen LogP contribution in [-0.4, -0.2) is 50.5 Å². The molecule has 2 N–H and O–H groups in total. The van der Waals surface area contributed by atoms with Crippen LogP contribution in [0.15, 0.2) is 23.1 Å². The van der Waals surface area contributed by atoms with E-state index < -0.39 is 15.6 Å². The minimum absolute atomic E-state index is 0.0203. The molecule has 0 saturated heterocycles. The topological polar surface area (TPSA) is 95.9 Å². The highest BCUT2D eigenvalue weighted by Crippen LogP contribution is 2.62. The zero-order valence-electron chi connectivity index (χ0n) is 17.3. The van der Waals surface area contributed by atoms with Gasteiger partial charge in [0.2, 0.25) is 15.9 Å². The van der Waals surface area contributed by atoms with E-state index in [9.17, 15) is 18.3 Å². The number of nitrogens with one attached hydrogen (secondary N) is 1. The summed E-state index contributed by atoms with van der Waals surface area (Å²) in [7, 11) is 0.623. The molecule has 0 heterocycles. The number of rotatable bonds is 6. The number of aliphatic hydroxyl groups is 1. The summed E-state index contributed by atoms with van der Waals surface area (Å²) in [5.74, 6) is 1.15. The van der Waals surface area contributed by atoms with Gasteiger partial charge < -0.3 is 15.2 Å². The number of nitrogens with zero attached hydrogens (tertiary/aromatic N) is 1. The number of benzene rings is 1. The maximum absolute atomic E-state index is 12.9. The molecule has 4 fully saturated rings. The zero-order chi connectivity index (χ0) is 21.0. The van der Waals surface area contributed by atoms with Crippen molar-refractivity contribution in [2.75, 3.05) is 26.5 Å². The quantitative estimate of drug-likeness (QED) is 0.735. The molecule has 1 aromatic carbocycles. The highest BCUT2D eigenvalue weighted by atomic mass is 32.2. The van der Waals surface area contributed by atoms with Gasteiger partial charge in [0, 0.05) is 26.2 Å². The van der Waals surface area contributed by atoms with Crippen LogP contribution in [0.4, 0.5) is 5.69 Å². The molecule has 7 nitrogen and oxygen atoms in total. The van der Waals surface area contributed by atoms with E-state index in [0.29, 0.717) is 30.4 Å². The SMILES string of the molecule is COc1ccc(NC(=O)CC23C[C@@H]4C[C@@H](CC(O)(C4)C2)C3)cc1S(=O)(=O)N(C)C. The first-order valence-electron chi connectivity index (χ1n) is 10.2. The van der Waals surface area contributed by atoms with E-state index in [1.807, 2.05) is 0 Å². The second kappa shape index (κ2) is 6.96. The highest BCUT2D eigenvalue weighted by molar-refractivity contribution is 7.89. The third kappa shape index (κ3) is 3.78. The normalized spacial score (nSPS) is 33.1. The van der Waals surface area contributed by atoms with Crippen LogP contribution in [0.5, 0.6) is 5.75 Å². The largest absolute Gasteiger partial charge is 0.495 e. The van der Waals surface area contributed by atoms with Gasteiger partial charge in [-0.2, -0.15) is 0 Å².